The Morgan fingerprint density at radius 1 is 1.04 bits per heavy atom. The SMILES string of the molecule is Cc1cc(-c2nc(N)c3nc(Cc4ccccc4)nn3c2C)ccn1. The van der Waals surface area contributed by atoms with Crippen LogP contribution in [0.4, 0.5) is 5.82 Å². The van der Waals surface area contributed by atoms with Gasteiger partial charge in [-0.2, -0.15) is 5.10 Å². The van der Waals surface area contributed by atoms with E-state index in [4.69, 9.17) is 5.73 Å². The molecule has 6 nitrogen and oxygen atoms in total. The second-order valence-electron chi connectivity index (χ2n) is 6.04. The van der Waals surface area contributed by atoms with E-state index in [-0.39, 0.29) is 0 Å². The lowest BCUT2D eigenvalue weighted by molar-refractivity contribution is 0.865. The van der Waals surface area contributed by atoms with Crippen LogP contribution in [0.25, 0.3) is 16.9 Å². The average Bonchev–Trinajstić information content (AvgIpc) is 3.04. The molecular weight excluding hydrogens is 312 g/mol. The fourth-order valence-electron chi connectivity index (χ4n) is 2.93. The highest BCUT2D eigenvalue weighted by Crippen LogP contribution is 2.24. The van der Waals surface area contributed by atoms with Crippen LogP contribution in [0.1, 0.15) is 22.8 Å². The summed E-state index contributed by atoms with van der Waals surface area (Å²) >= 11 is 0. The zero-order valence-corrected chi connectivity index (χ0v) is 14.1. The standard InChI is InChI=1S/C19H18N6/c1-12-10-15(8-9-21-12)17-13(2)25-19(18(20)23-17)22-16(24-25)11-14-6-4-3-5-7-14/h3-10H,11H2,1-2H3,(H2,20,23). The quantitative estimate of drug-likeness (QED) is 0.624. The van der Waals surface area contributed by atoms with Gasteiger partial charge in [-0.15, -0.1) is 0 Å². The van der Waals surface area contributed by atoms with Gasteiger partial charge in [0, 0.05) is 23.9 Å². The van der Waals surface area contributed by atoms with Gasteiger partial charge in [-0.05, 0) is 31.5 Å². The van der Waals surface area contributed by atoms with Gasteiger partial charge in [0.25, 0.3) is 0 Å². The molecule has 0 fully saturated rings. The third-order valence-corrected chi connectivity index (χ3v) is 4.15. The summed E-state index contributed by atoms with van der Waals surface area (Å²) in [7, 11) is 0. The minimum Gasteiger partial charge on any atom is -0.381 e. The Labute approximate surface area is 145 Å². The summed E-state index contributed by atoms with van der Waals surface area (Å²) in [6.45, 7) is 3.93. The summed E-state index contributed by atoms with van der Waals surface area (Å²) < 4.78 is 1.78. The van der Waals surface area contributed by atoms with Crippen molar-refractivity contribution in [3.8, 4) is 11.3 Å². The first-order valence-corrected chi connectivity index (χ1v) is 8.10. The first kappa shape index (κ1) is 15.3. The van der Waals surface area contributed by atoms with Gasteiger partial charge in [-0.3, -0.25) is 4.98 Å². The molecule has 0 spiro atoms. The third-order valence-electron chi connectivity index (χ3n) is 4.15. The van der Waals surface area contributed by atoms with Crippen molar-refractivity contribution in [1.82, 2.24) is 24.6 Å². The molecule has 124 valence electrons. The van der Waals surface area contributed by atoms with Gasteiger partial charge in [-0.1, -0.05) is 30.3 Å². The molecule has 0 radical (unpaired) electrons. The van der Waals surface area contributed by atoms with Crippen LogP contribution in [-0.2, 0) is 6.42 Å². The van der Waals surface area contributed by atoms with E-state index >= 15 is 0 Å². The van der Waals surface area contributed by atoms with Crippen molar-refractivity contribution in [3.05, 3.63) is 71.4 Å². The largest absolute Gasteiger partial charge is 0.381 e. The van der Waals surface area contributed by atoms with Gasteiger partial charge in [-0.25, -0.2) is 14.5 Å². The van der Waals surface area contributed by atoms with Crippen LogP contribution in [0.2, 0.25) is 0 Å². The number of benzene rings is 1. The predicted molar refractivity (Wildman–Crippen MR) is 97.1 cm³/mol. The molecule has 0 aliphatic carbocycles. The summed E-state index contributed by atoms with van der Waals surface area (Å²) in [5.41, 5.74) is 11.5. The summed E-state index contributed by atoms with van der Waals surface area (Å²) in [4.78, 5) is 13.4. The van der Waals surface area contributed by atoms with Crippen LogP contribution in [-0.4, -0.2) is 24.6 Å². The molecule has 3 aromatic heterocycles. The molecule has 6 heteroatoms. The number of pyridine rings is 1. The number of hydrogen-bond acceptors (Lipinski definition) is 5. The maximum Gasteiger partial charge on any atom is 0.198 e. The summed E-state index contributed by atoms with van der Waals surface area (Å²) in [6.07, 6.45) is 2.43. The molecule has 0 bridgehead atoms. The Morgan fingerprint density at radius 2 is 1.84 bits per heavy atom. The van der Waals surface area contributed by atoms with E-state index in [1.54, 1.807) is 10.7 Å². The van der Waals surface area contributed by atoms with Crippen molar-refractivity contribution in [3.63, 3.8) is 0 Å². The summed E-state index contributed by atoms with van der Waals surface area (Å²) in [6, 6.07) is 14.1. The van der Waals surface area contributed by atoms with Crippen molar-refractivity contribution >= 4 is 11.5 Å². The molecule has 3 heterocycles. The van der Waals surface area contributed by atoms with E-state index in [0.717, 1.165) is 34.0 Å². The predicted octanol–water partition coefficient (Wildman–Crippen LogP) is 2.98. The zero-order chi connectivity index (χ0) is 17.4. The number of hydrogen-bond donors (Lipinski definition) is 1. The first-order chi connectivity index (χ1) is 12.1. The Hall–Kier alpha value is -3.28. The molecule has 0 aliphatic heterocycles. The van der Waals surface area contributed by atoms with E-state index in [1.807, 2.05) is 44.2 Å². The number of nitrogens with zero attached hydrogens (tertiary/aromatic N) is 5. The van der Waals surface area contributed by atoms with Crippen molar-refractivity contribution in [1.29, 1.82) is 0 Å². The fourth-order valence-corrected chi connectivity index (χ4v) is 2.93. The van der Waals surface area contributed by atoms with E-state index in [1.165, 1.54) is 0 Å². The average molecular weight is 330 g/mol. The number of nitrogen functional groups attached to an aromatic ring is 1. The molecule has 1 aromatic carbocycles. The van der Waals surface area contributed by atoms with Crippen molar-refractivity contribution in [2.45, 2.75) is 20.3 Å². The lowest BCUT2D eigenvalue weighted by Gasteiger charge is -2.08. The molecule has 0 amide bonds. The Morgan fingerprint density at radius 3 is 2.60 bits per heavy atom. The smallest absolute Gasteiger partial charge is 0.198 e. The molecule has 0 unspecified atom stereocenters. The van der Waals surface area contributed by atoms with Crippen LogP contribution < -0.4 is 5.73 Å². The lowest BCUT2D eigenvalue weighted by Crippen LogP contribution is -2.05. The number of rotatable bonds is 3. The van der Waals surface area contributed by atoms with Crippen molar-refractivity contribution < 1.29 is 0 Å². The highest BCUT2D eigenvalue weighted by atomic mass is 15.3. The minimum absolute atomic E-state index is 0.377. The van der Waals surface area contributed by atoms with Crippen LogP contribution in [0, 0.1) is 13.8 Å². The lowest BCUT2D eigenvalue weighted by atomic mass is 10.1. The van der Waals surface area contributed by atoms with Crippen LogP contribution in [0.3, 0.4) is 0 Å². The zero-order valence-electron chi connectivity index (χ0n) is 14.1. The summed E-state index contributed by atoms with van der Waals surface area (Å²) in [5, 5.41) is 4.65. The Kier molecular flexibility index (Phi) is 3.65. The molecule has 4 aromatic rings. The molecule has 0 saturated carbocycles. The minimum atomic E-state index is 0.377. The number of aromatic nitrogens is 5. The topological polar surface area (TPSA) is 82.0 Å². The molecule has 0 saturated heterocycles. The van der Waals surface area contributed by atoms with E-state index in [0.29, 0.717) is 17.9 Å². The normalized spacial score (nSPS) is 11.1. The molecule has 2 N–H and O–H groups in total. The van der Waals surface area contributed by atoms with Gasteiger partial charge in [0.05, 0.1) is 11.4 Å². The Bertz CT molecular complexity index is 1050. The van der Waals surface area contributed by atoms with E-state index < -0.39 is 0 Å². The van der Waals surface area contributed by atoms with Crippen LogP contribution in [0.5, 0.6) is 0 Å². The van der Waals surface area contributed by atoms with Crippen LogP contribution in [0.15, 0.2) is 48.7 Å². The van der Waals surface area contributed by atoms with E-state index in [2.05, 4.69) is 32.2 Å². The van der Waals surface area contributed by atoms with Gasteiger partial charge in [0.15, 0.2) is 17.3 Å². The molecule has 25 heavy (non-hydrogen) atoms. The van der Waals surface area contributed by atoms with Crippen LogP contribution >= 0.6 is 0 Å². The van der Waals surface area contributed by atoms with E-state index in [9.17, 15) is 0 Å². The molecular formula is C19H18N6. The fraction of sp³-hybridized carbons (Fsp3) is 0.158. The van der Waals surface area contributed by atoms with Crippen molar-refractivity contribution in [2.75, 3.05) is 5.73 Å². The molecule has 0 aliphatic rings. The Balaban J connectivity index is 1.82. The monoisotopic (exact) mass is 330 g/mol. The number of fused-ring (bicyclic) bond motifs is 1. The van der Waals surface area contributed by atoms with Gasteiger partial charge in [0.2, 0.25) is 0 Å². The summed E-state index contributed by atoms with van der Waals surface area (Å²) in [5.74, 6) is 1.10. The third kappa shape index (κ3) is 2.82. The molecule has 4 rings (SSSR count). The number of anilines is 1. The molecule has 0 atom stereocenters. The van der Waals surface area contributed by atoms with Gasteiger partial charge >= 0.3 is 0 Å². The maximum absolute atomic E-state index is 6.16. The second-order valence-corrected chi connectivity index (χ2v) is 6.04. The number of nitrogens with two attached hydrogens (primary N) is 1. The van der Waals surface area contributed by atoms with Crippen molar-refractivity contribution in [2.24, 2.45) is 0 Å². The second kappa shape index (κ2) is 5.98. The maximum atomic E-state index is 6.16. The van der Waals surface area contributed by atoms with Gasteiger partial charge < -0.3 is 5.73 Å². The number of aryl methyl sites for hydroxylation is 2. The van der Waals surface area contributed by atoms with Gasteiger partial charge in [0.1, 0.15) is 0 Å². The first-order valence-electron chi connectivity index (χ1n) is 8.10. The highest BCUT2D eigenvalue weighted by Gasteiger charge is 2.15. The highest BCUT2D eigenvalue weighted by molar-refractivity contribution is 5.69.